The number of fused-ring (bicyclic) bond motifs is 1. The van der Waals surface area contributed by atoms with E-state index in [1.54, 1.807) is 20.1 Å². The third-order valence-corrected chi connectivity index (χ3v) is 3.11. The van der Waals surface area contributed by atoms with Crippen molar-refractivity contribution in [1.82, 2.24) is 0 Å². The van der Waals surface area contributed by atoms with Crippen molar-refractivity contribution in [3.8, 4) is 5.75 Å². The Balaban J connectivity index is 2.35. The summed E-state index contributed by atoms with van der Waals surface area (Å²) in [6.07, 6.45) is 0.602. The van der Waals surface area contributed by atoms with E-state index >= 15 is 0 Å². The molecule has 1 aliphatic rings. The second kappa shape index (κ2) is 4.04. The molecule has 16 heavy (non-hydrogen) atoms. The van der Waals surface area contributed by atoms with Crippen molar-refractivity contribution in [3.05, 3.63) is 34.2 Å². The van der Waals surface area contributed by atoms with E-state index in [1.165, 1.54) is 0 Å². The number of nitrogens with zero attached hydrogens (tertiary/aromatic N) is 1. The lowest BCUT2D eigenvalue weighted by molar-refractivity contribution is 0.0923. The van der Waals surface area contributed by atoms with E-state index < -0.39 is 6.04 Å². The van der Waals surface area contributed by atoms with E-state index in [0.717, 1.165) is 5.56 Å². The zero-order chi connectivity index (χ0) is 11.7. The van der Waals surface area contributed by atoms with Crippen LogP contribution in [0.15, 0.2) is 23.4 Å². The first-order valence-corrected chi connectivity index (χ1v) is 5.21. The van der Waals surface area contributed by atoms with Crippen molar-refractivity contribution in [2.45, 2.75) is 19.4 Å². The summed E-state index contributed by atoms with van der Waals surface area (Å²) in [5, 5.41) is 2.94. The van der Waals surface area contributed by atoms with E-state index in [9.17, 15) is 9.70 Å². The zero-order valence-corrected chi connectivity index (χ0v) is 9.27. The fourth-order valence-electron chi connectivity index (χ4n) is 2.08. The highest BCUT2D eigenvalue weighted by Gasteiger charge is 2.35. The second-order valence-electron chi connectivity index (χ2n) is 4.04. The number of nitroso groups, excluding NO2 is 1. The van der Waals surface area contributed by atoms with Crippen molar-refractivity contribution < 1.29 is 9.53 Å². The van der Waals surface area contributed by atoms with Gasteiger partial charge in [-0.3, -0.25) is 4.79 Å². The Bertz CT molecular complexity index is 442. The van der Waals surface area contributed by atoms with Crippen LogP contribution in [0, 0.1) is 10.8 Å². The molecule has 0 amide bonds. The van der Waals surface area contributed by atoms with Gasteiger partial charge in [-0.15, -0.1) is 0 Å². The molecular formula is C12H13NO3. The Labute approximate surface area is 93.6 Å². The van der Waals surface area contributed by atoms with Crippen LogP contribution in [0.1, 0.15) is 22.8 Å². The maximum absolute atomic E-state index is 12.0. The standard InChI is InChI=1S/C12H13NO3/c1-7(13-15)10-5-8-3-4-9(16-2)6-11(8)12(10)14/h3-4,6-7,10H,5H2,1-2H3. The van der Waals surface area contributed by atoms with Crippen LogP contribution in [0.3, 0.4) is 0 Å². The number of rotatable bonds is 3. The fraction of sp³-hybridized carbons (Fsp3) is 0.417. The van der Waals surface area contributed by atoms with Crippen molar-refractivity contribution >= 4 is 5.78 Å². The van der Waals surface area contributed by atoms with Gasteiger partial charge < -0.3 is 4.74 Å². The number of hydrogen-bond acceptors (Lipinski definition) is 4. The van der Waals surface area contributed by atoms with E-state index in [4.69, 9.17) is 4.74 Å². The number of methoxy groups -OCH3 is 1. The van der Waals surface area contributed by atoms with Gasteiger partial charge in [-0.05, 0) is 31.0 Å². The van der Waals surface area contributed by atoms with Crippen LogP contribution >= 0.6 is 0 Å². The number of ether oxygens (including phenoxy) is 1. The van der Waals surface area contributed by atoms with Crippen LogP contribution in [0.5, 0.6) is 5.75 Å². The van der Waals surface area contributed by atoms with Crippen molar-refractivity contribution in [1.29, 1.82) is 0 Å². The molecule has 0 N–H and O–H groups in total. The lowest BCUT2D eigenvalue weighted by Gasteiger charge is -2.08. The molecular weight excluding hydrogens is 206 g/mol. The summed E-state index contributed by atoms with van der Waals surface area (Å²) in [5.41, 5.74) is 1.64. The molecule has 2 unspecified atom stereocenters. The van der Waals surface area contributed by atoms with Crippen LogP contribution in [0.25, 0.3) is 0 Å². The number of benzene rings is 1. The molecule has 0 fully saturated rings. The van der Waals surface area contributed by atoms with Crippen LogP contribution in [-0.4, -0.2) is 18.9 Å². The maximum Gasteiger partial charge on any atom is 0.168 e. The second-order valence-corrected chi connectivity index (χ2v) is 4.04. The minimum Gasteiger partial charge on any atom is -0.497 e. The van der Waals surface area contributed by atoms with Crippen LogP contribution in [0.4, 0.5) is 0 Å². The number of Topliss-reactive ketones (excluding diaryl/α,β-unsaturated/α-hetero) is 1. The average molecular weight is 219 g/mol. The highest BCUT2D eigenvalue weighted by atomic mass is 16.5. The smallest absolute Gasteiger partial charge is 0.168 e. The van der Waals surface area contributed by atoms with Crippen molar-refractivity contribution in [2.75, 3.05) is 7.11 Å². The molecule has 1 aromatic rings. The molecule has 0 aromatic heterocycles. The normalized spacial score (nSPS) is 20.4. The Morgan fingerprint density at radius 3 is 2.88 bits per heavy atom. The molecule has 0 saturated carbocycles. The topological polar surface area (TPSA) is 55.7 Å². The van der Waals surface area contributed by atoms with Crippen molar-refractivity contribution in [3.63, 3.8) is 0 Å². The van der Waals surface area contributed by atoms with Gasteiger partial charge in [-0.1, -0.05) is 11.2 Å². The molecule has 2 rings (SSSR count). The molecule has 0 heterocycles. The first-order valence-electron chi connectivity index (χ1n) is 5.21. The summed E-state index contributed by atoms with van der Waals surface area (Å²) in [5.74, 6) is 0.361. The maximum atomic E-state index is 12.0. The van der Waals surface area contributed by atoms with Gasteiger partial charge in [-0.25, -0.2) is 0 Å². The molecule has 1 aliphatic carbocycles. The monoisotopic (exact) mass is 219 g/mol. The predicted molar refractivity (Wildman–Crippen MR) is 59.8 cm³/mol. The lowest BCUT2D eigenvalue weighted by Crippen LogP contribution is -2.20. The van der Waals surface area contributed by atoms with Crippen LogP contribution in [0.2, 0.25) is 0 Å². The zero-order valence-electron chi connectivity index (χ0n) is 9.27. The largest absolute Gasteiger partial charge is 0.497 e. The molecule has 2 atom stereocenters. The summed E-state index contributed by atoms with van der Waals surface area (Å²) < 4.78 is 5.07. The van der Waals surface area contributed by atoms with E-state index in [-0.39, 0.29) is 11.7 Å². The summed E-state index contributed by atoms with van der Waals surface area (Å²) in [7, 11) is 1.56. The van der Waals surface area contributed by atoms with Gasteiger partial charge in [0.25, 0.3) is 0 Å². The molecule has 0 saturated heterocycles. The molecule has 84 valence electrons. The van der Waals surface area contributed by atoms with Gasteiger partial charge in [0, 0.05) is 5.56 Å². The summed E-state index contributed by atoms with van der Waals surface area (Å²) in [6.45, 7) is 1.68. The van der Waals surface area contributed by atoms with E-state index in [0.29, 0.717) is 17.7 Å². The molecule has 0 spiro atoms. The molecule has 0 radical (unpaired) electrons. The molecule has 4 heteroatoms. The van der Waals surface area contributed by atoms with Gasteiger partial charge in [-0.2, -0.15) is 4.91 Å². The minimum atomic E-state index is -0.467. The SMILES string of the molecule is COc1ccc2c(c1)C(=O)C(C(C)N=O)C2. The average Bonchev–Trinajstić information content (AvgIpc) is 2.65. The number of carbonyl (C=O) groups is 1. The summed E-state index contributed by atoms with van der Waals surface area (Å²) in [6, 6.07) is 4.97. The van der Waals surface area contributed by atoms with Crippen LogP contribution < -0.4 is 4.74 Å². The van der Waals surface area contributed by atoms with Crippen molar-refractivity contribution in [2.24, 2.45) is 11.1 Å². The predicted octanol–water partition coefficient (Wildman–Crippen LogP) is 2.21. The van der Waals surface area contributed by atoms with Gasteiger partial charge in [0.2, 0.25) is 0 Å². The third kappa shape index (κ3) is 1.60. The number of hydrogen-bond donors (Lipinski definition) is 0. The van der Waals surface area contributed by atoms with Gasteiger partial charge in [0.1, 0.15) is 5.75 Å². The van der Waals surface area contributed by atoms with E-state index in [2.05, 4.69) is 5.18 Å². The van der Waals surface area contributed by atoms with Gasteiger partial charge in [0.05, 0.1) is 19.1 Å². The first-order chi connectivity index (χ1) is 7.67. The molecule has 4 nitrogen and oxygen atoms in total. The van der Waals surface area contributed by atoms with Crippen LogP contribution in [-0.2, 0) is 6.42 Å². The quantitative estimate of drug-likeness (QED) is 0.732. The highest BCUT2D eigenvalue weighted by molar-refractivity contribution is 6.03. The minimum absolute atomic E-state index is 0.000926. The first kappa shape index (κ1) is 10.8. The molecule has 1 aromatic carbocycles. The molecule has 0 bridgehead atoms. The Hall–Kier alpha value is -1.71. The Kier molecular flexibility index (Phi) is 2.73. The summed E-state index contributed by atoms with van der Waals surface area (Å²) in [4.78, 5) is 22.5. The Morgan fingerprint density at radius 2 is 2.25 bits per heavy atom. The highest BCUT2D eigenvalue weighted by Crippen LogP contribution is 2.32. The fourth-order valence-corrected chi connectivity index (χ4v) is 2.08. The molecule has 0 aliphatic heterocycles. The van der Waals surface area contributed by atoms with Gasteiger partial charge in [0.15, 0.2) is 5.78 Å². The number of ketones is 1. The lowest BCUT2D eigenvalue weighted by atomic mass is 9.98. The summed E-state index contributed by atoms with van der Waals surface area (Å²) >= 11 is 0. The number of carbonyl (C=O) groups excluding carboxylic acids is 1. The Morgan fingerprint density at radius 1 is 1.50 bits per heavy atom. The van der Waals surface area contributed by atoms with E-state index in [1.807, 2.05) is 12.1 Å². The van der Waals surface area contributed by atoms with Gasteiger partial charge >= 0.3 is 0 Å². The third-order valence-electron chi connectivity index (χ3n) is 3.11.